The fraction of sp³-hybridized carbons (Fsp3) is 0.348. The van der Waals surface area contributed by atoms with E-state index in [9.17, 15) is 14.7 Å². The quantitative estimate of drug-likeness (QED) is 0.592. The zero-order valence-corrected chi connectivity index (χ0v) is 16.8. The minimum atomic E-state index is -0.949. The number of hydrogen-bond donors (Lipinski definition) is 0. The van der Waals surface area contributed by atoms with Gasteiger partial charge in [0.05, 0.1) is 5.57 Å². The number of allylic oxidation sites excluding steroid dienone is 2. The molecular formula is C23H26N2O3. The van der Waals surface area contributed by atoms with Crippen LogP contribution in [0.1, 0.15) is 43.1 Å². The maximum Gasteiger partial charge on any atom is 0.248 e. The molecule has 5 nitrogen and oxygen atoms in total. The molecule has 5 heteroatoms. The topological polar surface area (TPSA) is 64.3 Å². The Morgan fingerprint density at radius 2 is 1.68 bits per heavy atom. The molecule has 3 rings (SSSR count). The van der Waals surface area contributed by atoms with Crippen molar-refractivity contribution in [3.63, 3.8) is 0 Å². The van der Waals surface area contributed by atoms with Gasteiger partial charge in [-0.1, -0.05) is 44.2 Å². The number of aromatic nitrogens is 1. The summed E-state index contributed by atoms with van der Waals surface area (Å²) in [7, 11) is 3.86. The minimum absolute atomic E-state index is 0.0933. The van der Waals surface area contributed by atoms with Crippen molar-refractivity contribution in [2.45, 2.75) is 32.7 Å². The number of nitrogens with zero attached hydrogens (tertiary/aromatic N) is 2. The van der Waals surface area contributed by atoms with Crippen molar-refractivity contribution in [2.24, 2.45) is 5.41 Å². The number of carbonyl (C=O) groups excluding carboxylic acids is 2. The third-order valence-corrected chi connectivity index (χ3v) is 5.11. The Kier molecular flexibility index (Phi) is 5.36. The lowest BCUT2D eigenvalue weighted by Gasteiger charge is -2.35. The van der Waals surface area contributed by atoms with E-state index in [1.165, 1.54) is 0 Å². The molecule has 2 aromatic rings. The van der Waals surface area contributed by atoms with Crippen molar-refractivity contribution >= 4 is 17.3 Å². The fourth-order valence-corrected chi connectivity index (χ4v) is 3.66. The molecule has 0 saturated heterocycles. The van der Waals surface area contributed by atoms with E-state index < -0.39 is 6.04 Å². The van der Waals surface area contributed by atoms with Crippen molar-refractivity contribution in [1.29, 1.82) is 0 Å². The first-order chi connectivity index (χ1) is 13.2. The van der Waals surface area contributed by atoms with Gasteiger partial charge in [-0.15, -0.1) is 5.76 Å². The highest BCUT2D eigenvalue weighted by Crippen LogP contribution is 2.38. The predicted molar refractivity (Wildman–Crippen MR) is 106 cm³/mol. The van der Waals surface area contributed by atoms with Crippen LogP contribution in [0, 0.1) is 5.41 Å². The lowest BCUT2D eigenvalue weighted by molar-refractivity contribution is -0.699. The van der Waals surface area contributed by atoms with Crippen LogP contribution in [0.25, 0.3) is 0 Å². The Balaban J connectivity index is 2.12. The second kappa shape index (κ2) is 7.58. The standard InChI is InChI=1S/C23H26N2O3/c1-23(2)14-18(26)20(19(27)15-23)21(22(28)16-8-6-5-7-9-16)25-12-10-17(11-13-25)24(3)4/h5-13,21H,14-15H2,1-4H3. The Bertz CT molecular complexity index is 913. The van der Waals surface area contributed by atoms with Gasteiger partial charge in [-0.3, -0.25) is 9.59 Å². The van der Waals surface area contributed by atoms with Crippen LogP contribution in [0.15, 0.2) is 66.2 Å². The van der Waals surface area contributed by atoms with Gasteiger partial charge in [0.1, 0.15) is 0 Å². The molecule has 1 unspecified atom stereocenters. The molecule has 1 aromatic heterocycles. The summed E-state index contributed by atoms with van der Waals surface area (Å²) in [5, 5.41) is 12.9. The molecule has 1 aliphatic rings. The SMILES string of the molecule is CN(C)c1cc[n+](C(C(=O)c2ccccc2)C2=C([O-])CC(C)(C)CC2=O)cc1. The summed E-state index contributed by atoms with van der Waals surface area (Å²) in [6.45, 7) is 3.82. The van der Waals surface area contributed by atoms with E-state index in [-0.39, 0.29) is 41.2 Å². The molecule has 1 heterocycles. The molecule has 0 saturated carbocycles. The average Bonchev–Trinajstić information content (AvgIpc) is 2.64. The van der Waals surface area contributed by atoms with E-state index in [4.69, 9.17) is 0 Å². The summed E-state index contributed by atoms with van der Waals surface area (Å²) >= 11 is 0. The maximum absolute atomic E-state index is 13.4. The zero-order valence-electron chi connectivity index (χ0n) is 16.8. The highest BCUT2D eigenvalue weighted by Gasteiger charge is 2.41. The van der Waals surface area contributed by atoms with Gasteiger partial charge < -0.3 is 10.0 Å². The molecule has 0 bridgehead atoms. The first-order valence-corrected chi connectivity index (χ1v) is 9.40. The molecule has 0 aliphatic heterocycles. The molecule has 28 heavy (non-hydrogen) atoms. The van der Waals surface area contributed by atoms with Crippen LogP contribution in [-0.2, 0) is 4.79 Å². The number of Topliss-reactive ketones (excluding diaryl/α,β-unsaturated/α-hetero) is 2. The summed E-state index contributed by atoms with van der Waals surface area (Å²) in [5.41, 5.74) is 1.16. The van der Waals surface area contributed by atoms with Crippen LogP contribution in [0.3, 0.4) is 0 Å². The van der Waals surface area contributed by atoms with Gasteiger partial charge in [-0.25, -0.2) is 0 Å². The van der Waals surface area contributed by atoms with Gasteiger partial charge in [-0.2, -0.15) is 4.57 Å². The number of pyridine rings is 1. The highest BCUT2D eigenvalue weighted by molar-refractivity contribution is 6.08. The van der Waals surface area contributed by atoms with E-state index in [0.717, 1.165) is 5.69 Å². The van der Waals surface area contributed by atoms with Crippen molar-refractivity contribution in [2.75, 3.05) is 19.0 Å². The largest absolute Gasteiger partial charge is 0.875 e. The number of ketones is 2. The summed E-state index contributed by atoms with van der Waals surface area (Å²) in [6.07, 6.45) is 4.05. The van der Waals surface area contributed by atoms with Crippen LogP contribution in [0.5, 0.6) is 0 Å². The van der Waals surface area contributed by atoms with Gasteiger partial charge in [0.25, 0.3) is 0 Å². The first-order valence-electron chi connectivity index (χ1n) is 9.40. The Labute approximate surface area is 165 Å². The highest BCUT2D eigenvalue weighted by atomic mass is 16.3. The number of carbonyl (C=O) groups is 2. The van der Waals surface area contributed by atoms with E-state index in [0.29, 0.717) is 5.56 Å². The van der Waals surface area contributed by atoms with Crippen molar-refractivity contribution in [1.82, 2.24) is 0 Å². The second-order valence-electron chi connectivity index (χ2n) is 8.31. The third-order valence-electron chi connectivity index (χ3n) is 5.11. The molecule has 1 atom stereocenters. The van der Waals surface area contributed by atoms with Gasteiger partial charge in [0, 0.05) is 43.9 Å². The van der Waals surface area contributed by atoms with Gasteiger partial charge in [-0.05, 0) is 11.8 Å². The van der Waals surface area contributed by atoms with E-state index in [1.54, 1.807) is 41.2 Å². The monoisotopic (exact) mass is 378 g/mol. The summed E-state index contributed by atoms with van der Waals surface area (Å²) in [4.78, 5) is 28.2. The third kappa shape index (κ3) is 3.98. The van der Waals surface area contributed by atoms with E-state index in [2.05, 4.69) is 0 Å². The Morgan fingerprint density at radius 3 is 2.21 bits per heavy atom. The Morgan fingerprint density at radius 1 is 1.07 bits per heavy atom. The minimum Gasteiger partial charge on any atom is -0.875 e. The number of benzene rings is 1. The lowest BCUT2D eigenvalue weighted by atomic mass is 9.74. The van der Waals surface area contributed by atoms with Crippen molar-refractivity contribution < 1.29 is 19.3 Å². The lowest BCUT2D eigenvalue weighted by Crippen LogP contribution is -2.48. The normalized spacial score (nSPS) is 17.4. The first kappa shape index (κ1) is 19.8. The number of hydrogen-bond acceptors (Lipinski definition) is 4. The molecular weight excluding hydrogens is 352 g/mol. The van der Waals surface area contributed by atoms with Crippen molar-refractivity contribution in [3.05, 3.63) is 71.8 Å². The average molecular weight is 378 g/mol. The van der Waals surface area contributed by atoms with Crippen LogP contribution in [0.2, 0.25) is 0 Å². The van der Waals surface area contributed by atoms with Crippen molar-refractivity contribution in [3.8, 4) is 0 Å². The van der Waals surface area contributed by atoms with Crippen LogP contribution in [0.4, 0.5) is 5.69 Å². The molecule has 0 spiro atoms. The van der Waals surface area contributed by atoms with Crippen LogP contribution < -0.4 is 14.6 Å². The van der Waals surface area contributed by atoms with Gasteiger partial charge >= 0.3 is 0 Å². The second-order valence-corrected chi connectivity index (χ2v) is 8.31. The molecule has 1 aromatic carbocycles. The molecule has 0 fully saturated rings. The van der Waals surface area contributed by atoms with Gasteiger partial charge in [0.2, 0.25) is 11.8 Å². The fourth-order valence-electron chi connectivity index (χ4n) is 3.66. The summed E-state index contributed by atoms with van der Waals surface area (Å²) in [6, 6.07) is 11.6. The van der Waals surface area contributed by atoms with Gasteiger partial charge in [0.15, 0.2) is 18.2 Å². The number of rotatable bonds is 5. The Hall–Kier alpha value is -2.95. The van der Waals surface area contributed by atoms with Crippen LogP contribution in [-0.4, -0.2) is 25.7 Å². The number of anilines is 1. The van der Waals surface area contributed by atoms with E-state index >= 15 is 0 Å². The summed E-state index contributed by atoms with van der Waals surface area (Å²) in [5.74, 6) is -0.723. The molecule has 146 valence electrons. The van der Waals surface area contributed by atoms with E-state index in [1.807, 2.05) is 51.0 Å². The smallest absolute Gasteiger partial charge is 0.248 e. The molecule has 1 aliphatic carbocycles. The summed E-state index contributed by atoms with van der Waals surface area (Å²) < 4.78 is 1.67. The zero-order chi connectivity index (χ0) is 20.5. The van der Waals surface area contributed by atoms with Crippen LogP contribution >= 0.6 is 0 Å². The molecule has 0 radical (unpaired) electrons. The molecule has 0 N–H and O–H groups in total. The maximum atomic E-state index is 13.4. The predicted octanol–water partition coefficient (Wildman–Crippen LogP) is 2.47. The molecule has 0 amide bonds.